The Hall–Kier alpha value is -0.620. The van der Waals surface area contributed by atoms with Crippen LogP contribution in [-0.2, 0) is 14.8 Å². The van der Waals surface area contributed by atoms with E-state index in [0.717, 1.165) is 6.42 Å². The fraction of sp³-hybridized carbons (Fsp3) is 0.933. The molecule has 2 aliphatic carbocycles. The highest BCUT2D eigenvalue weighted by Gasteiger charge is 2.56. The topological polar surface area (TPSA) is 66.5 Å². The Morgan fingerprint density at radius 1 is 1.19 bits per heavy atom. The van der Waals surface area contributed by atoms with Gasteiger partial charge in [0.1, 0.15) is 0 Å². The lowest BCUT2D eigenvalue weighted by atomic mass is 10.0. The van der Waals surface area contributed by atoms with Gasteiger partial charge in [-0.25, -0.2) is 13.1 Å². The molecule has 3 fully saturated rings. The molecular weight excluding hydrogens is 288 g/mol. The highest BCUT2D eigenvalue weighted by atomic mass is 32.2. The number of hydrogen-bond acceptors (Lipinski definition) is 3. The molecule has 1 heterocycles. The third-order valence-electron chi connectivity index (χ3n) is 5.26. The van der Waals surface area contributed by atoms with Gasteiger partial charge in [0.05, 0.1) is 5.75 Å². The van der Waals surface area contributed by atoms with Crippen molar-refractivity contribution >= 4 is 15.9 Å². The molecule has 1 saturated heterocycles. The maximum atomic E-state index is 12.6. The van der Waals surface area contributed by atoms with E-state index in [0.29, 0.717) is 31.3 Å². The average Bonchev–Trinajstić information content (AvgIpc) is 2.99. The lowest BCUT2D eigenvalue weighted by Gasteiger charge is -2.17. The monoisotopic (exact) mass is 314 g/mol. The van der Waals surface area contributed by atoms with Crippen molar-refractivity contribution in [3.63, 3.8) is 0 Å². The van der Waals surface area contributed by atoms with Crippen molar-refractivity contribution in [1.82, 2.24) is 9.62 Å². The first kappa shape index (κ1) is 15.3. The maximum absolute atomic E-state index is 12.6. The molecular formula is C15H26N2O3S. The summed E-state index contributed by atoms with van der Waals surface area (Å²) in [6.45, 7) is 3.12. The highest BCUT2D eigenvalue weighted by molar-refractivity contribution is 7.89. The number of carbonyl (C=O) groups excluding carboxylic acids is 1. The fourth-order valence-electron chi connectivity index (χ4n) is 4.21. The van der Waals surface area contributed by atoms with Gasteiger partial charge >= 0.3 is 0 Å². The molecule has 6 heteroatoms. The largest absolute Gasteiger partial charge is 0.341 e. The number of rotatable bonds is 5. The normalized spacial score (nSPS) is 35.6. The van der Waals surface area contributed by atoms with E-state index in [4.69, 9.17) is 0 Å². The van der Waals surface area contributed by atoms with Crippen LogP contribution in [0.1, 0.15) is 45.4 Å². The summed E-state index contributed by atoms with van der Waals surface area (Å²) in [5.41, 5.74) is 0. The standard InChI is InChI=1S/C15H26N2O3S/c1-2-9-21(19,20)16-11-7-8-17(10-11)15(18)14-12-5-3-4-6-13(12)14/h11-14,16H,2-10H2,1H3/t11-,12-,13-/m1/s1. The molecule has 21 heavy (non-hydrogen) atoms. The van der Waals surface area contributed by atoms with E-state index in [1.807, 2.05) is 11.8 Å². The van der Waals surface area contributed by atoms with E-state index in [2.05, 4.69) is 4.72 Å². The molecule has 1 amide bonds. The first-order chi connectivity index (χ1) is 10.0. The first-order valence-electron chi connectivity index (χ1n) is 8.30. The Morgan fingerprint density at radius 3 is 2.48 bits per heavy atom. The second-order valence-electron chi connectivity index (χ2n) is 6.84. The van der Waals surface area contributed by atoms with Crippen LogP contribution in [0.2, 0.25) is 0 Å². The van der Waals surface area contributed by atoms with E-state index in [1.54, 1.807) is 0 Å². The number of sulfonamides is 1. The third-order valence-corrected chi connectivity index (χ3v) is 6.90. The SMILES string of the molecule is CCCS(=O)(=O)N[C@@H]1CCN(C(=O)C2[C@@H]3CCCC[C@@H]23)C1. The van der Waals surface area contributed by atoms with Crippen LogP contribution in [0.3, 0.4) is 0 Å². The Balaban J connectivity index is 1.52. The molecule has 1 aliphatic heterocycles. The summed E-state index contributed by atoms with van der Waals surface area (Å²) in [6.07, 6.45) is 6.32. The molecule has 0 aromatic carbocycles. The number of hydrogen-bond donors (Lipinski definition) is 1. The number of likely N-dealkylation sites (tertiary alicyclic amines) is 1. The van der Waals surface area contributed by atoms with Crippen molar-refractivity contribution in [2.24, 2.45) is 17.8 Å². The Bertz CT molecular complexity index is 493. The van der Waals surface area contributed by atoms with E-state index in [1.165, 1.54) is 25.7 Å². The quantitative estimate of drug-likeness (QED) is 0.833. The molecule has 0 spiro atoms. The molecule has 0 aromatic rings. The van der Waals surface area contributed by atoms with E-state index < -0.39 is 10.0 Å². The predicted molar refractivity (Wildman–Crippen MR) is 81.1 cm³/mol. The highest BCUT2D eigenvalue weighted by Crippen LogP contribution is 2.56. The predicted octanol–water partition coefficient (Wildman–Crippen LogP) is 1.35. The van der Waals surface area contributed by atoms with E-state index in [-0.39, 0.29) is 23.6 Å². The molecule has 3 aliphatic rings. The molecule has 0 aromatic heterocycles. The van der Waals surface area contributed by atoms with Gasteiger partial charge in [0.2, 0.25) is 15.9 Å². The zero-order valence-electron chi connectivity index (χ0n) is 12.8. The molecule has 0 unspecified atom stereocenters. The number of nitrogens with zero attached hydrogens (tertiary/aromatic N) is 1. The van der Waals surface area contributed by atoms with Crippen LogP contribution in [0.25, 0.3) is 0 Å². The molecule has 0 bridgehead atoms. The van der Waals surface area contributed by atoms with Crippen molar-refractivity contribution in [3.8, 4) is 0 Å². The number of nitrogens with one attached hydrogen (secondary N) is 1. The van der Waals surface area contributed by atoms with Gasteiger partial charge in [-0.2, -0.15) is 0 Å². The van der Waals surface area contributed by atoms with Crippen LogP contribution in [0.5, 0.6) is 0 Å². The van der Waals surface area contributed by atoms with Crippen LogP contribution in [0.4, 0.5) is 0 Å². The van der Waals surface area contributed by atoms with Crippen molar-refractivity contribution in [2.75, 3.05) is 18.8 Å². The van der Waals surface area contributed by atoms with Crippen molar-refractivity contribution in [2.45, 2.75) is 51.5 Å². The van der Waals surface area contributed by atoms with Crippen molar-refractivity contribution in [1.29, 1.82) is 0 Å². The maximum Gasteiger partial charge on any atom is 0.226 e. The summed E-state index contributed by atoms with van der Waals surface area (Å²) >= 11 is 0. The fourth-order valence-corrected chi connectivity index (χ4v) is 5.56. The van der Waals surface area contributed by atoms with Crippen LogP contribution in [0.15, 0.2) is 0 Å². The van der Waals surface area contributed by atoms with Crippen molar-refractivity contribution < 1.29 is 13.2 Å². The summed E-state index contributed by atoms with van der Waals surface area (Å²) < 4.78 is 26.3. The lowest BCUT2D eigenvalue weighted by molar-refractivity contribution is -0.132. The Morgan fingerprint density at radius 2 is 1.86 bits per heavy atom. The summed E-state index contributed by atoms with van der Waals surface area (Å²) in [4.78, 5) is 14.5. The molecule has 5 nitrogen and oxygen atoms in total. The molecule has 1 N–H and O–H groups in total. The van der Waals surface area contributed by atoms with Gasteiger partial charge in [0, 0.05) is 25.0 Å². The molecule has 2 saturated carbocycles. The van der Waals surface area contributed by atoms with Gasteiger partial charge in [-0.3, -0.25) is 4.79 Å². The van der Waals surface area contributed by atoms with Gasteiger partial charge in [0.15, 0.2) is 0 Å². The van der Waals surface area contributed by atoms with Gasteiger partial charge in [-0.1, -0.05) is 19.8 Å². The summed E-state index contributed by atoms with van der Waals surface area (Å²) in [5.74, 6) is 1.95. The van der Waals surface area contributed by atoms with Gasteiger partial charge < -0.3 is 4.90 Å². The number of fused-ring (bicyclic) bond motifs is 1. The third kappa shape index (κ3) is 3.26. The average molecular weight is 314 g/mol. The number of amides is 1. The molecule has 3 rings (SSSR count). The molecule has 120 valence electrons. The van der Waals surface area contributed by atoms with Crippen LogP contribution >= 0.6 is 0 Å². The minimum absolute atomic E-state index is 0.0914. The Labute approximate surface area is 127 Å². The van der Waals surface area contributed by atoms with Gasteiger partial charge in [-0.15, -0.1) is 0 Å². The van der Waals surface area contributed by atoms with Gasteiger partial charge in [0.25, 0.3) is 0 Å². The molecule has 0 radical (unpaired) electrons. The minimum atomic E-state index is -3.18. The second kappa shape index (κ2) is 5.88. The zero-order chi connectivity index (χ0) is 15.0. The van der Waals surface area contributed by atoms with E-state index in [9.17, 15) is 13.2 Å². The van der Waals surface area contributed by atoms with Gasteiger partial charge in [-0.05, 0) is 37.5 Å². The van der Waals surface area contributed by atoms with Crippen LogP contribution in [0, 0.1) is 17.8 Å². The smallest absolute Gasteiger partial charge is 0.226 e. The molecule has 3 atom stereocenters. The summed E-state index contributed by atoms with van der Waals surface area (Å²) in [5, 5.41) is 0. The number of carbonyl (C=O) groups is 1. The zero-order valence-corrected chi connectivity index (χ0v) is 13.6. The van der Waals surface area contributed by atoms with Crippen LogP contribution in [-0.4, -0.2) is 44.1 Å². The van der Waals surface area contributed by atoms with E-state index >= 15 is 0 Å². The second-order valence-corrected chi connectivity index (χ2v) is 8.72. The lowest BCUT2D eigenvalue weighted by Crippen LogP contribution is -2.39. The minimum Gasteiger partial charge on any atom is -0.341 e. The summed E-state index contributed by atoms with van der Waals surface area (Å²) in [7, 11) is -3.18. The van der Waals surface area contributed by atoms with Crippen molar-refractivity contribution in [3.05, 3.63) is 0 Å². The Kier molecular flexibility index (Phi) is 4.28. The first-order valence-corrected chi connectivity index (χ1v) is 9.96. The van der Waals surface area contributed by atoms with Crippen LogP contribution < -0.4 is 4.72 Å². The summed E-state index contributed by atoms with van der Waals surface area (Å²) in [6, 6.07) is -0.0914.